The summed E-state index contributed by atoms with van der Waals surface area (Å²) >= 11 is 3.81. The van der Waals surface area contributed by atoms with Gasteiger partial charge in [0.2, 0.25) is 0 Å². The molecule has 0 radical (unpaired) electrons. The third kappa shape index (κ3) is 3.13. The van der Waals surface area contributed by atoms with E-state index in [9.17, 15) is 5.11 Å². The van der Waals surface area contributed by atoms with Gasteiger partial charge < -0.3 is 13.9 Å². The molecule has 1 aliphatic carbocycles. The van der Waals surface area contributed by atoms with Gasteiger partial charge in [0, 0.05) is 6.42 Å². The van der Waals surface area contributed by atoms with Crippen molar-refractivity contribution in [1.82, 2.24) is 0 Å². The fourth-order valence-electron chi connectivity index (χ4n) is 3.44. The SMILES string of the molecule is CC(C)(C)[Si](C)(C)O[C@H]1CC2(SCCCS2)C(O)(c2ccco2)C1. The lowest BCUT2D eigenvalue weighted by atomic mass is 9.98. The Labute approximate surface area is 155 Å². The van der Waals surface area contributed by atoms with Gasteiger partial charge in [-0.25, -0.2) is 0 Å². The van der Waals surface area contributed by atoms with Crippen molar-refractivity contribution in [1.29, 1.82) is 0 Å². The summed E-state index contributed by atoms with van der Waals surface area (Å²) in [6.07, 6.45) is 4.50. The van der Waals surface area contributed by atoms with Crippen molar-refractivity contribution in [2.24, 2.45) is 0 Å². The standard InChI is InChI=1S/C18H30O3S2Si/c1-16(2,3)24(4,5)21-14-12-17(19,15-8-6-9-20-15)18(13-14)22-10-7-11-23-18/h6,8-9,14,19H,7,10-13H2,1-5H3/t14-,17?/m1/s1. The first kappa shape index (κ1) is 18.9. The van der Waals surface area contributed by atoms with Gasteiger partial charge in [0.25, 0.3) is 0 Å². The van der Waals surface area contributed by atoms with Crippen molar-refractivity contribution in [2.75, 3.05) is 11.5 Å². The van der Waals surface area contributed by atoms with Crippen LogP contribution >= 0.6 is 23.5 Å². The summed E-state index contributed by atoms with van der Waals surface area (Å²) in [7, 11) is -1.86. The number of thioether (sulfide) groups is 2. The molecule has 2 fully saturated rings. The molecule has 2 aliphatic rings. The van der Waals surface area contributed by atoms with Gasteiger partial charge in [-0.1, -0.05) is 20.8 Å². The van der Waals surface area contributed by atoms with Crippen LogP contribution in [-0.2, 0) is 10.0 Å². The van der Waals surface area contributed by atoms with Gasteiger partial charge >= 0.3 is 0 Å². The second-order valence-corrected chi connectivity index (χ2v) is 16.4. The summed E-state index contributed by atoms with van der Waals surface area (Å²) in [5, 5.41) is 11.9. The fourth-order valence-corrected chi connectivity index (χ4v) is 8.50. The van der Waals surface area contributed by atoms with Crippen LogP contribution in [0.15, 0.2) is 22.8 Å². The van der Waals surface area contributed by atoms with E-state index >= 15 is 0 Å². The minimum atomic E-state index is -1.86. The third-order valence-electron chi connectivity index (χ3n) is 5.81. The summed E-state index contributed by atoms with van der Waals surface area (Å²) in [6.45, 7) is 11.4. The Hall–Kier alpha value is 0.117. The van der Waals surface area contributed by atoms with E-state index in [0.717, 1.165) is 17.9 Å². The van der Waals surface area contributed by atoms with Gasteiger partial charge in [-0.2, -0.15) is 0 Å². The van der Waals surface area contributed by atoms with Crippen LogP contribution in [0.5, 0.6) is 0 Å². The molecule has 1 N–H and O–H groups in total. The molecule has 1 saturated carbocycles. The molecule has 1 unspecified atom stereocenters. The van der Waals surface area contributed by atoms with Crippen LogP contribution in [0.3, 0.4) is 0 Å². The van der Waals surface area contributed by atoms with Gasteiger partial charge in [0.05, 0.1) is 16.4 Å². The minimum absolute atomic E-state index is 0.0964. The molecule has 1 spiro atoms. The van der Waals surface area contributed by atoms with Crippen molar-refractivity contribution in [3.63, 3.8) is 0 Å². The van der Waals surface area contributed by atoms with Crippen LogP contribution in [0.1, 0.15) is 45.8 Å². The van der Waals surface area contributed by atoms with Crippen molar-refractivity contribution in [3.8, 4) is 0 Å². The van der Waals surface area contributed by atoms with Crippen LogP contribution in [0.25, 0.3) is 0 Å². The van der Waals surface area contributed by atoms with Crippen LogP contribution < -0.4 is 0 Å². The average molecular weight is 387 g/mol. The Morgan fingerprint density at radius 1 is 1.25 bits per heavy atom. The first-order valence-electron chi connectivity index (χ1n) is 8.82. The van der Waals surface area contributed by atoms with Crippen molar-refractivity contribution < 1.29 is 13.9 Å². The zero-order valence-corrected chi connectivity index (χ0v) is 18.1. The average Bonchev–Trinajstić information content (AvgIpc) is 3.07. The number of rotatable bonds is 3. The van der Waals surface area contributed by atoms with E-state index in [1.165, 1.54) is 6.42 Å². The molecule has 1 saturated heterocycles. The third-order valence-corrected chi connectivity index (χ3v) is 14.0. The molecular weight excluding hydrogens is 356 g/mol. The monoisotopic (exact) mass is 386 g/mol. The van der Waals surface area contributed by atoms with E-state index in [1.54, 1.807) is 6.26 Å². The molecule has 3 rings (SSSR count). The summed E-state index contributed by atoms with van der Waals surface area (Å²) in [5.41, 5.74) is -0.945. The molecule has 2 atom stereocenters. The van der Waals surface area contributed by atoms with Gasteiger partial charge in [0.15, 0.2) is 8.32 Å². The Bertz CT molecular complexity index is 561. The number of furan rings is 1. The Morgan fingerprint density at radius 3 is 2.46 bits per heavy atom. The lowest BCUT2D eigenvalue weighted by Crippen LogP contribution is -2.44. The predicted molar refractivity (Wildman–Crippen MR) is 106 cm³/mol. The quantitative estimate of drug-likeness (QED) is 0.722. The highest BCUT2D eigenvalue weighted by molar-refractivity contribution is 8.18. The maximum Gasteiger partial charge on any atom is 0.192 e. The van der Waals surface area contributed by atoms with E-state index in [4.69, 9.17) is 8.84 Å². The van der Waals surface area contributed by atoms with E-state index < -0.39 is 13.9 Å². The van der Waals surface area contributed by atoms with Crippen LogP contribution in [0.4, 0.5) is 0 Å². The summed E-state index contributed by atoms with van der Waals surface area (Å²) in [4.78, 5) is 0. The molecular formula is C18H30O3S2Si. The number of hydrogen-bond acceptors (Lipinski definition) is 5. The molecule has 0 bridgehead atoms. The highest BCUT2D eigenvalue weighted by Gasteiger charge is 2.62. The van der Waals surface area contributed by atoms with E-state index in [0.29, 0.717) is 12.2 Å². The van der Waals surface area contributed by atoms with Crippen molar-refractivity contribution >= 4 is 31.8 Å². The lowest BCUT2D eigenvalue weighted by Gasteiger charge is -2.42. The summed E-state index contributed by atoms with van der Waals surface area (Å²) in [5.74, 6) is 2.90. The molecule has 1 aromatic rings. The Balaban J connectivity index is 1.89. The van der Waals surface area contributed by atoms with E-state index in [1.807, 2.05) is 35.7 Å². The molecule has 136 valence electrons. The highest BCUT2D eigenvalue weighted by atomic mass is 32.2. The molecule has 6 heteroatoms. The first-order valence-corrected chi connectivity index (χ1v) is 13.7. The maximum atomic E-state index is 11.7. The second kappa shape index (κ2) is 6.37. The molecule has 2 heterocycles. The second-order valence-electron chi connectivity index (χ2n) is 8.55. The van der Waals surface area contributed by atoms with Gasteiger partial charge in [-0.3, -0.25) is 0 Å². The molecule has 3 nitrogen and oxygen atoms in total. The number of aliphatic hydroxyl groups is 1. The van der Waals surface area contributed by atoms with Crippen LogP contribution in [0.2, 0.25) is 18.1 Å². The van der Waals surface area contributed by atoms with Crippen LogP contribution in [-0.4, -0.2) is 35.1 Å². The molecule has 1 aliphatic heterocycles. The number of hydrogen-bond donors (Lipinski definition) is 1. The van der Waals surface area contributed by atoms with Gasteiger partial charge in [-0.15, -0.1) is 23.5 Å². The van der Waals surface area contributed by atoms with Crippen molar-refractivity contribution in [2.45, 2.75) is 74.0 Å². The molecule has 0 aromatic carbocycles. The normalized spacial score (nSPS) is 30.8. The zero-order valence-electron chi connectivity index (χ0n) is 15.4. The largest absolute Gasteiger partial charge is 0.466 e. The summed E-state index contributed by atoms with van der Waals surface area (Å²) in [6, 6.07) is 3.80. The molecule has 1 aromatic heterocycles. The lowest BCUT2D eigenvalue weighted by molar-refractivity contribution is 0.00736. The van der Waals surface area contributed by atoms with Crippen molar-refractivity contribution in [3.05, 3.63) is 24.2 Å². The zero-order chi connectivity index (χ0) is 17.6. The van der Waals surface area contributed by atoms with Crippen LogP contribution in [0, 0.1) is 0 Å². The molecule has 0 amide bonds. The predicted octanol–water partition coefficient (Wildman–Crippen LogP) is 5.22. The smallest absolute Gasteiger partial charge is 0.192 e. The highest BCUT2D eigenvalue weighted by Crippen LogP contribution is 2.63. The van der Waals surface area contributed by atoms with Gasteiger partial charge in [0.1, 0.15) is 11.4 Å². The minimum Gasteiger partial charge on any atom is -0.466 e. The van der Waals surface area contributed by atoms with Gasteiger partial charge in [-0.05, 0) is 54.6 Å². The Kier molecular flexibility index (Phi) is 5.02. The maximum absolute atomic E-state index is 11.7. The summed E-state index contributed by atoms with van der Waals surface area (Å²) < 4.78 is 12.1. The Morgan fingerprint density at radius 2 is 1.92 bits per heavy atom. The fraction of sp³-hybridized carbons (Fsp3) is 0.778. The molecule has 24 heavy (non-hydrogen) atoms. The van der Waals surface area contributed by atoms with E-state index in [-0.39, 0.29) is 15.2 Å². The van der Waals surface area contributed by atoms with E-state index in [2.05, 4.69) is 33.9 Å². The topological polar surface area (TPSA) is 42.6 Å². The first-order chi connectivity index (χ1) is 11.1.